The monoisotopic (exact) mass is 408 g/mol. The second kappa shape index (κ2) is 8.67. The highest BCUT2D eigenvalue weighted by molar-refractivity contribution is 6.00. The smallest absolute Gasteiger partial charge is 0.255 e. The molecule has 1 amide bonds. The third-order valence-electron chi connectivity index (χ3n) is 5.45. The lowest BCUT2D eigenvalue weighted by Gasteiger charge is -2.29. The maximum atomic E-state index is 13.3. The standard InChI is InChI=1S/C23H25FN4O2/c1-27-12-10-18(11-13-27)25-23(29)21-15-28(19-8-6-17(24)7-9-19)26-22(21)16-4-3-5-20(14-16)30-2/h3-9,14-15,18H,10-13H2,1-2H3,(H,25,29). The van der Waals surface area contributed by atoms with Crippen LogP contribution in [0.4, 0.5) is 4.39 Å². The van der Waals surface area contributed by atoms with E-state index in [4.69, 9.17) is 4.74 Å². The fourth-order valence-corrected chi connectivity index (χ4v) is 3.67. The van der Waals surface area contributed by atoms with Crippen LogP contribution in [0.2, 0.25) is 0 Å². The lowest BCUT2D eigenvalue weighted by atomic mass is 10.0. The Balaban J connectivity index is 1.69. The molecule has 4 rings (SSSR count). The van der Waals surface area contributed by atoms with Gasteiger partial charge in [-0.3, -0.25) is 4.79 Å². The summed E-state index contributed by atoms with van der Waals surface area (Å²) in [5.41, 5.74) is 2.50. The van der Waals surface area contributed by atoms with Crippen molar-refractivity contribution in [2.24, 2.45) is 0 Å². The van der Waals surface area contributed by atoms with Gasteiger partial charge in [-0.25, -0.2) is 9.07 Å². The topological polar surface area (TPSA) is 59.4 Å². The highest BCUT2D eigenvalue weighted by atomic mass is 19.1. The van der Waals surface area contributed by atoms with Crippen LogP contribution in [0.3, 0.4) is 0 Å². The van der Waals surface area contributed by atoms with Gasteiger partial charge in [-0.1, -0.05) is 12.1 Å². The lowest BCUT2D eigenvalue weighted by molar-refractivity contribution is 0.0917. The Kier molecular flexibility index (Phi) is 5.81. The van der Waals surface area contributed by atoms with E-state index in [2.05, 4.69) is 22.4 Å². The first-order valence-electron chi connectivity index (χ1n) is 10.0. The zero-order chi connectivity index (χ0) is 21.1. The molecule has 1 saturated heterocycles. The molecule has 0 atom stereocenters. The summed E-state index contributed by atoms with van der Waals surface area (Å²) in [5.74, 6) is 0.209. The van der Waals surface area contributed by atoms with Crippen molar-refractivity contribution >= 4 is 5.91 Å². The molecule has 30 heavy (non-hydrogen) atoms. The third-order valence-corrected chi connectivity index (χ3v) is 5.45. The molecular formula is C23H25FN4O2. The minimum atomic E-state index is -0.320. The molecule has 0 unspecified atom stereocenters. The first-order valence-corrected chi connectivity index (χ1v) is 10.0. The third kappa shape index (κ3) is 4.36. The van der Waals surface area contributed by atoms with E-state index in [-0.39, 0.29) is 17.8 Å². The van der Waals surface area contributed by atoms with E-state index in [1.165, 1.54) is 12.1 Å². The highest BCUT2D eigenvalue weighted by Crippen LogP contribution is 2.27. The van der Waals surface area contributed by atoms with Gasteiger partial charge in [0.2, 0.25) is 0 Å². The minimum absolute atomic E-state index is 0.140. The SMILES string of the molecule is COc1cccc(-c2nn(-c3ccc(F)cc3)cc2C(=O)NC2CCN(C)CC2)c1. The molecule has 1 aliphatic heterocycles. The van der Waals surface area contributed by atoms with E-state index in [0.717, 1.165) is 31.5 Å². The first-order chi connectivity index (χ1) is 14.5. The average molecular weight is 408 g/mol. The average Bonchev–Trinajstić information content (AvgIpc) is 3.21. The molecule has 0 bridgehead atoms. The van der Waals surface area contributed by atoms with Crippen LogP contribution in [0.5, 0.6) is 5.75 Å². The van der Waals surface area contributed by atoms with Crippen LogP contribution in [0.15, 0.2) is 54.7 Å². The number of amides is 1. The van der Waals surface area contributed by atoms with Gasteiger partial charge >= 0.3 is 0 Å². The summed E-state index contributed by atoms with van der Waals surface area (Å²) >= 11 is 0. The molecule has 1 aromatic heterocycles. The number of ether oxygens (including phenoxy) is 1. The number of hydrogen-bond acceptors (Lipinski definition) is 4. The number of nitrogens with one attached hydrogen (secondary N) is 1. The van der Waals surface area contributed by atoms with Crippen LogP contribution in [0.25, 0.3) is 16.9 Å². The molecule has 6 nitrogen and oxygen atoms in total. The molecule has 1 aliphatic rings. The summed E-state index contributed by atoms with van der Waals surface area (Å²) in [7, 11) is 3.69. The fraction of sp³-hybridized carbons (Fsp3) is 0.304. The van der Waals surface area contributed by atoms with E-state index >= 15 is 0 Å². The van der Waals surface area contributed by atoms with E-state index in [1.807, 2.05) is 24.3 Å². The summed E-state index contributed by atoms with van der Waals surface area (Å²) in [5, 5.41) is 7.81. The van der Waals surface area contributed by atoms with Gasteiger partial charge in [0.15, 0.2) is 0 Å². The lowest BCUT2D eigenvalue weighted by Crippen LogP contribution is -2.43. The minimum Gasteiger partial charge on any atom is -0.497 e. The molecule has 3 aromatic rings. The number of likely N-dealkylation sites (tertiary alicyclic amines) is 1. The maximum absolute atomic E-state index is 13.3. The molecular weight excluding hydrogens is 383 g/mol. The first kappa shape index (κ1) is 20.1. The second-order valence-corrected chi connectivity index (χ2v) is 7.60. The van der Waals surface area contributed by atoms with Crippen molar-refractivity contribution < 1.29 is 13.9 Å². The van der Waals surface area contributed by atoms with Crippen LogP contribution >= 0.6 is 0 Å². The number of carbonyl (C=O) groups is 1. The summed E-state index contributed by atoms with van der Waals surface area (Å²) < 4.78 is 20.3. The number of rotatable bonds is 5. The van der Waals surface area contributed by atoms with Gasteiger partial charge in [0, 0.05) is 17.8 Å². The van der Waals surface area contributed by atoms with Crippen molar-refractivity contribution in [3.8, 4) is 22.7 Å². The van der Waals surface area contributed by atoms with Gasteiger partial charge in [0.1, 0.15) is 17.3 Å². The molecule has 1 fully saturated rings. The van der Waals surface area contributed by atoms with Crippen molar-refractivity contribution in [3.63, 3.8) is 0 Å². The fourth-order valence-electron chi connectivity index (χ4n) is 3.67. The molecule has 7 heteroatoms. The molecule has 0 spiro atoms. The zero-order valence-corrected chi connectivity index (χ0v) is 17.1. The Morgan fingerprint density at radius 2 is 1.90 bits per heavy atom. The molecule has 2 heterocycles. The number of methoxy groups -OCH3 is 1. The quantitative estimate of drug-likeness (QED) is 0.702. The largest absolute Gasteiger partial charge is 0.497 e. The van der Waals surface area contributed by atoms with Crippen LogP contribution in [0, 0.1) is 5.82 Å². The number of carbonyl (C=O) groups excluding carboxylic acids is 1. The van der Waals surface area contributed by atoms with Gasteiger partial charge in [-0.05, 0) is 69.4 Å². The zero-order valence-electron chi connectivity index (χ0n) is 17.1. The summed E-state index contributed by atoms with van der Waals surface area (Å²) in [6.45, 7) is 1.92. The highest BCUT2D eigenvalue weighted by Gasteiger charge is 2.23. The predicted octanol–water partition coefficient (Wildman–Crippen LogP) is 3.51. The van der Waals surface area contributed by atoms with Crippen LogP contribution in [-0.4, -0.2) is 53.9 Å². The summed E-state index contributed by atoms with van der Waals surface area (Å²) in [6, 6.07) is 13.6. The van der Waals surface area contributed by atoms with Crippen LogP contribution in [0.1, 0.15) is 23.2 Å². The Morgan fingerprint density at radius 3 is 2.60 bits per heavy atom. The Labute approximate surface area is 175 Å². The summed E-state index contributed by atoms with van der Waals surface area (Å²) in [6.07, 6.45) is 3.54. The number of piperidine rings is 1. The van der Waals surface area contributed by atoms with Crippen LogP contribution in [-0.2, 0) is 0 Å². The molecule has 1 N–H and O–H groups in total. The predicted molar refractivity (Wildman–Crippen MR) is 113 cm³/mol. The van der Waals surface area contributed by atoms with E-state index in [9.17, 15) is 9.18 Å². The van der Waals surface area contributed by atoms with Gasteiger partial charge in [0.25, 0.3) is 5.91 Å². The van der Waals surface area contributed by atoms with Gasteiger partial charge < -0.3 is 15.0 Å². The molecule has 0 aliphatic carbocycles. The Bertz CT molecular complexity index is 1020. The molecule has 0 radical (unpaired) electrons. The number of aromatic nitrogens is 2. The maximum Gasteiger partial charge on any atom is 0.255 e. The molecule has 2 aromatic carbocycles. The van der Waals surface area contributed by atoms with Crippen LogP contribution < -0.4 is 10.1 Å². The summed E-state index contributed by atoms with van der Waals surface area (Å²) in [4.78, 5) is 15.4. The van der Waals surface area contributed by atoms with Crippen molar-refractivity contribution in [2.45, 2.75) is 18.9 Å². The normalized spacial score (nSPS) is 15.2. The molecule has 156 valence electrons. The second-order valence-electron chi connectivity index (χ2n) is 7.60. The van der Waals surface area contributed by atoms with Crippen molar-refractivity contribution in [1.29, 1.82) is 0 Å². The van der Waals surface area contributed by atoms with Gasteiger partial charge in [-0.15, -0.1) is 0 Å². The van der Waals surface area contributed by atoms with E-state index in [1.54, 1.807) is 30.1 Å². The number of halogens is 1. The number of benzene rings is 2. The van der Waals surface area contributed by atoms with E-state index < -0.39 is 0 Å². The van der Waals surface area contributed by atoms with Crippen molar-refractivity contribution in [2.75, 3.05) is 27.2 Å². The number of hydrogen-bond donors (Lipinski definition) is 1. The number of nitrogens with zero attached hydrogens (tertiary/aromatic N) is 3. The Hall–Kier alpha value is -3.19. The van der Waals surface area contributed by atoms with Crippen molar-refractivity contribution in [3.05, 3.63) is 66.1 Å². The molecule has 0 saturated carbocycles. The Morgan fingerprint density at radius 1 is 1.17 bits per heavy atom. The van der Waals surface area contributed by atoms with Crippen molar-refractivity contribution in [1.82, 2.24) is 20.0 Å². The van der Waals surface area contributed by atoms with Gasteiger partial charge in [-0.2, -0.15) is 5.10 Å². The van der Waals surface area contributed by atoms with E-state index in [0.29, 0.717) is 22.7 Å². The van der Waals surface area contributed by atoms with Gasteiger partial charge in [0.05, 0.1) is 18.4 Å².